The van der Waals surface area contributed by atoms with Gasteiger partial charge in [-0.2, -0.15) is 0 Å². The number of ketones is 2. The SMILES string of the molecule is NC(N)c1cc2c3cc1CSSCC1CC4(C=CC(=O)CCc5ccc(O)c(c5)OCCc5ccc(O)c(c5)C3CC(=O)c3cc[nH]c3CC#C2)CC1(O)C1C=CC4CC23C=CC45CC6CC(O)(C2)C(O)C2CCc7ccc(cc7C=CC6CC2)CCc2ccc(c(c2)CC34)C(CO)C5CSS1. The molecule has 5 aromatic carbocycles. The van der Waals surface area contributed by atoms with Gasteiger partial charge in [0.25, 0.3) is 0 Å². The average Bonchev–Trinajstić information content (AvgIpc) is 1.52. The molecule has 16 unspecified atom stereocenters. The van der Waals surface area contributed by atoms with Gasteiger partial charge in [0, 0.05) is 76.9 Å². The summed E-state index contributed by atoms with van der Waals surface area (Å²) in [5.41, 5.74) is 23.2. The van der Waals surface area contributed by atoms with E-state index in [1.807, 2.05) is 47.2 Å². The molecular formula is C86H93N3O9S4. The number of aliphatic hydroxyl groups is 4. The van der Waals surface area contributed by atoms with E-state index in [2.05, 4.69) is 102 Å². The number of carbonyl (C=O) groups is 2. The number of aliphatic hydroxyl groups excluding tert-OH is 2. The van der Waals surface area contributed by atoms with Crippen molar-refractivity contribution in [1.82, 2.24) is 4.98 Å². The van der Waals surface area contributed by atoms with Crippen LogP contribution in [0.4, 0.5) is 0 Å². The van der Waals surface area contributed by atoms with Crippen LogP contribution < -0.4 is 16.2 Å². The maximum atomic E-state index is 14.9. The number of aromatic nitrogens is 1. The Bertz CT molecular complexity index is 4510. The van der Waals surface area contributed by atoms with Gasteiger partial charge in [-0.3, -0.25) is 9.59 Å². The summed E-state index contributed by atoms with van der Waals surface area (Å²) in [4.78, 5) is 32.8. The van der Waals surface area contributed by atoms with E-state index in [4.69, 9.17) is 16.2 Å². The fourth-order valence-electron chi connectivity index (χ4n) is 21.6. The van der Waals surface area contributed by atoms with Crippen molar-refractivity contribution in [2.75, 3.05) is 24.7 Å². The Balaban J connectivity index is 0.790. The number of aromatic hydroxyl groups is 2. The van der Waals surface area contributed by atoms with Gasteiger partial charge in [-0.1, -0.05) is 158 Å². The molecule has 11 N–H and O–H groups in total. The van der Waals surface area contributed by atoms with Crippen LogP contribution in [0.25, 0.3) is 6.08 Å². The van der Waals surface area contributed by atoms with Crippen LogP contribution in [0.1, 0.15) is 177 Å². The zero-order valence-corrected chi connectivity index (χ0v) is 61.0. The Morgan fingerprint density at radius 3 is 2.35 bits per heavy atom. The number of carbonyl (C=O) groups excluding carboxylic acids is 2. The molecule has 0 radical (unpaired) electrons. The van der Waals surface area contributed by atoms with Crippen molar-refractivity contribution in [1.29, 1.82) is 0 Å². The molecule has 16 atom stereocenters. The topological polar surface area (TPSA) is 233 Å². The zero-order chi connectivity index (χ0) is 69.9. The number of phenols is 2. The highest BCUT2D eigenvalue weighted by Crippen LogP contribution is 2.72. The number of fused-ring (bicyclic) bond motifs is 18. The molecule has 6 aromatic rings. The normalized spacial score (nSPS) is 34.6. The second-order valence-corrected chi connectivity index (χ2v) is 37.4. The second-order valence-electron chi connectivity index (χ2n) is 32.3. The van der Waals surface area contributed by atoms with Crippen LogP contribution >= 0.6 is 43.2 Å². The van der Waals surface area contributed by atoms with Crippen LogP contribution in [-0.4, -0.2) is 94.5 Å². The molecule has 0 amide bonds. The van der Waals surface area contributed by atoms with E-state index >= 15 is 0 Å². The Morgan fingerprint density at radius 1 is 0.676 bits per heavy atom. The molecule has 2 aliphatic heterocycles. The summed E-state index contributed by atoms with van der Waals surface area (Å²) < 4.78 is 6.36. The largest absolute Gasteiger partial charge is 0.508 e. The molecule has 16 heteroatoms. The third kappa shape index (κ3) is 12.3. The maximum Gasteiger partial charge on any atom is 0.165 e. The Labute approximate surface area is 614 Å². The van der Waals surface area contributed by atoms with E-state index in [9.17, 15) is 40.2 Å². The van der Waals surface area contributed by atoms with E-state index in [1.165, 1.54) is 33.4 Å². The van der Waals surface area contributed by atoms with Crippen LogP contribution in [0.5, 0.6) is 17.2 Å². The first-order chi connectivity index (χ1) is 49.4. The van der Waals surface area contributed by atoms with Gasteiger partial charge in [-0.15, -0.1) is 0 Å². The molecule has 3 heterocycles. The Morgan fingerprint density at radius 2 is 1.49 bits per heavy atom. The summed E-state index contributed by atoms with van der Waals surface area (Å²) >= 11 is 0. The summed E-state index contributed by atoms with van der Waals surface area (Å²) in [6, 6.07) is 30.8. The number of aryl methyl sites for hydroxylation is 4. The number of nitrogens with one attached hydrogen (secondary N) is 1. The number of allylic oxidation sites excluding steroid dienone is 6. The highest BCUT2D eigenvalue weighted by molar-refractivity contribution is 8.77. The highest BCUT2D eigenvalue weighted by atomic mass is 33.1. The molecular weight excluding hydrogens is 1350 g/mol. The molecule has 17 rings (SSSR count). The fraction of sp³-hybridized carbons (Fsp3) is 0.465. The van der Waals surface area contributed by atoms with Crippen LogP contribution in [0.15, 0.2) is 140 Å². The predicted molar refractivity (Wildman–Crippen MR) is 409 cm³/mol. The molecule has 9 aliphatic carbocycles. The first kappa shape index (κ1) is 68.9. The van der Waals surface area contributed by atoms with Crippen molar-refractivity contribution in [3.8, 4) is 29.1 Å². The molecule has 12 nitrogen and oxygen atoms in total. The molecule has 3 saturated carbocycles. The van der Waals surface area contributed by atoms with Gasteiger partial charge in [-0.05, 0) is 245 Å². The molecule has 530 valence electrons. The Kier molecular flexibility index (Phi) is 18.4. The molecule has 1 spiro atoms. The fourth-order valence-corrected chi connectivity index (χ4v) is 27.4. The number of aromatic amines is 1. The van der Waals surface area contributed by atoms with Gasteiger partial charge in [0.1, 0.15) is 5.75 Å². The van der Waals surface area contributed by atoms with Crippen LogP contribution in [0, 0.1) is 69.5 Å². The van der Waals surface area contributed by atoms with Gasteiger partial charge in [0.2, 0.25) is 0 Å². The minimum absolute atomic E-state index is 0.00806. The number of nitrogens with two attached hydrogens (primary N) is 2. The number of benzene rings is 5. The van der Waals surface area contributed by atoms with Crippen LogP contribution in [0.3, 0.4) is 0 Å². The van der Waals surface area contributed by atoms with Crippen molar-refractivity contribution in [3.05, 3.63) is 223 Å². The van der Waals surface area contributed by atoms with Gasteiger partial charge >= 0.3 is 0 Å². The lowest BCUT2D eigenvalue weighted by molar-refractivity contribution is -0.168. The van der Waals surface area contributed by atoms with Crippen molar-refractivity contribution in [2.24, 2.45) is 69.1 Å². The highest BCUT2D eigenvalue weighted by Gasteiger charge is 2.67. The van der Waals surface area contributed by atoms with Crippen molar-refractivity contribution >= 4 is 60.8 Å². The third-order valence-corrected chi connectivity index (χ3v) is 32.0. The van der Waals surface area contributed by atoms with Gasteiger partial charge in [0.05, 0.1) is 48.4 Å². The second kappa shape index (κ2) is 27.3. The lowest BCUT2D eigenvalue weighted by Gasteiger charge is -2.57. The summed E-state index contributed by atoms with van der Waals surface area (Å²) in [6.45, 7) is 0.179. The number of H-pyrrole nitrogens is 1. The maximum absolute atomic E-state index is 14.9. The summed E-state index contributed by atoms with van der Waals surface area (Å²) in [5, 5.41) is 77.3. The van der Waals surface area contributed by atoms with E-state index in [-0.39, 0.29) is 102 Å². The standard InChI is InChI=1S/C86H93N3O9S4/c87-81(88)68-36-58-2-1-3-73-66(25-30-89-73)76(94)39-69-67(58)37-60(68)45-99-100-46-63-43-82(27-24-64(91)19-7-52-10-22-75(93)77(35-52)98-31-26-53-9-21-74(92)70(69)34-53)49-86(63,97)79-23-18-62(82)42-83-28-29-84-40-61-41-85(96,48-83)80(95)56-15-12-54-11-6-50(32-57(54)17-14-55(61)13-16-56)4-5-51-8-20-65(59(33-51)38-78(83)84)71(44-90)72(84)47-101-102-79/h6,8-11,14,17-18,20-25,27-30,32-37,55-56,61-63,69,71-72,78-81,89-90,92-93,95-97H,3-5,7,12-13,15-16,19,26,31,38-49,87-88H2. The predicted octanol–water partition coefficient (Wildman–Crippen LogP) is 14.5. The summed E-state index contributed by atoms with van der Waals surface area (Å²) in [6.07, 6.45) is 29.2. The lowest BCUT2D eigenvalue weighted by atomic mass is 9.48. The van der Waals surface area contributed by atoms with E-state index in [0.717, 1.165) is 90.6 Å². The third-order valence-electron chi connectivity index (χ3n) is 26.8. The first-order valence-electron chi connectivity index (χ1n) is 37.3. The zero-order valence-electron chi connectivity index (χ0n) is 57.7. The minimum Gasteiger partial charge on any atom is -0.508 e. The smallest absolute Gasteiger partial charge is 0.165 e. The molecule has 3 fully saturated rings. The quantitative estimate of drug-likeness (QED) is 0.0340. The van der Waals surface area contributed by atoms with Crippen LogP contribution in [0.2, 0.25) is 0 Å². The number of Topliss-reactive ketones (excluding diaryl/α,β-unsaturated/α-hetero) is 1. The lowest BCUT2D eigenvalue weighted by Crippen LogP contribution is -2.58. The van der Waals surface area contributed by atoms with Crippen molar-refractivity contribution in [2.45, 2.75) is 162 Å². The number of phenolic OH excluding ortho intramolecular Hbond substituents is 2. The number of hydrogen-bond donors (Lipinski definition) is 9. The van der Waals surface area contributed by atoms with E-state index in [1.54, 1.807) is 56.8 Å². The van der Waals surface area contributed by atoms with Crippen molar-refractivity contribution < 1.29 is 45.0 Å². The summed E-state index contributed by atoms with van der Waals surface area (Å²) in [7, 11) is 7.01. The number of hydrogen-bond acceptors (Lipinski definition) is 15. The number of rotatable bonds is 2. The van der Waals surface area contributed by atoms with Gasteiger partial charge < -0.3 is 51.8 Å². The van der Waals surface area contributed by atoms with Gasteiger partial charge in [0.15, 0.2) is 23.1 Å². The molecule has 0 saturated heterocycles. The van der Waals surface area contributed by atoms with Crippen molar-refractivity contribution in [3.63, 3.8) is 0 Å². The Hall–Kier alpha value is -6.20. The van der Waals surface area contributed by atoms with E-state index < -0.39 is 45.6 Å². The average molecular weight is 1440 g/mol. The molecule has 1 aromatic heterocycles. The summed E-state index contributed by atoms with van der Waals surface area (Å²) in [5.74, 6) is 7.53. The van der Waals surface area contributed by atoms with Gasteiger partial charge in [-0.25, -0.2) is 0 Å². The minimum atomic E-state index is -1.45. The number of ether oxygens (including phenoxy) is 1. The molecule has 102 heavy (non-hydrogen) atoms. The van der Waals surface area contributed by atoms with Crippen LogP contribution in [-0.2, 0) is 55.5 Å². The molecule has 11 aliphatic rings. The monoisotopic (exact) mass is 1440 g/mol. The first-order valence-corrected chi connectivity index (χ1v) is 42.2. The van der Waals surface area contributed by atoms with E-state index in [0.29, 0.717) is 85.3 Å². The molecule has 23 bridgehead atoms.